The lowest BCUT2D eigenvalue weighted by Crippen LogP contribution is -2.41. The van der Waals surface area contributed by atoms with Gasteiger partial charge in [-0.05, 0) is 96.8 Å². The van der Waals surface area contributed by atoms with Crippen molar-refractivity contribution in [2.24, 2.45) is 0 Å². The molecule has 0 bridgehead atoms. The fourth-order valence-electron chi connectivity index (χ4n) is 5.28. The van der Waals surface area contributed by atoms with Gasteiger partial charge in [-0.3, -0.25) is 9.69 Å². The quantitative estimate of drug-likeness (QED) is 0.275. The van der Waals surface area contributed by atoms with Gasteiger partial charge in [-0.15, -0.1) is 5.10 Å². The van der Waals surface area contributed by atoms with Gasteiger partial charge in [0.25, 0.3) is 5.56 Å². The Morgan fingerprint density at radius 1 is 1.15 bits per heavy atom. The topological polar surface area (TPSA) is 88.9 Å². The van der Waals surface area contributed by atoms with Crippen molar-refractivity contribution < 1.29 is 4.74 Å². The Morgan fingerprint density at radius 3 is 2.62 bits per heavy atom. The molecule has 1 N–H and O–H groups in total. The molecule has 1 saturated heterocycles. The van der Waals surface area contributed by atoms with Crippen LogP contribution >= 0.6 is 11.6 Å². The average molecular weight is 549 g/mol. The second-order valence-electron chi connectivity index (χ2n) is 11.0. The summed E-state index contributed by atoms with van der Waals surface area (Å²) in [4.78, 5) is 19.2. The fraction of sp³-hybridized carbons (Fsp3) is 0.467. The number of pyridine rings is 1. The molecule has 1 fully saturated rings. The Hall–Kier alpha value is -3.07. The van der Waals surface area contributed by atoms with E-state index in [4.69, 9.17) is 16.3 Å². The maximum absolute atomic E-state index is 13.8. The Bertz CT molecular complexity index is 1470. The van der Waals surface area contributed by atoms with Crippen molar-refractivity contribution in [2.45, 2.75) is 77.6 Å². The lowest BCUT2D eigenvalue weighted by molar-refractivity contribution is 0.0562. The average Bonchev–Trinajstić information content (AvgIpc) is 3.63. The van der Waals surface area contributed by atoms with E-state index in [0.29, 0.717) is 29.5 Å². The van der Waals surface area contributed by atoms with E-state index < -0.39 is 6.04 Å². The standard InChI is InChI=1S/C30H37ClN6O2/c1-5-20-11-14-26-22(16-20)17-25(29(38)32-26)27(28-33-34-35-37(28)30(3,4)6-2)36(19-24-8-7-15-39-24)18-21-9-12-23(31)13-10-21/h9-14,16-17,24,27H,5-8,15,18-19H2,1-4H3,(H,32,38)/t24-,27+/m1/s1. The highest BCUT2D eigenvalue weighted by atomic mass is 35.5. The fourth-order valence-corrected chi connectivity index (χ4v) is 5.40. The summed E-state index contributed by atoms with van der Waals surface area (Å²) in [6.07, 6.45) is 3.81. The van der Waals surface area contributed by atoms with E-state index in [0.717, 1.165) is 48.8 Å². The third kappa shape index (κ3) is 5.93. The zero-order chi connectivity index (χ0) is 27.6. The van der Waals surface area contributed by atoms with E-state index in [1.165, 1.54) is 5.56 Å². The Balaban J connectivity index is 1.70. The van der Waals surface area contributed by atoms with Crippen LogP contribution in [0.15, 0.2) is 53.3 Å². The zero-order valence-corrected chi connectivity index (χ0v) is 23.9. The van der Waals surface area contributed by atoms with Crippen LogP contribution in [0.1, 0.15) is 75.5 Å². The van der Waals surface area contributed by atoms with E-state index in [-0.39, 0.29) is 17.2 Å². The van der Waals surface area contributed by atoms with Gasteiger partial charge >= 0.3 is 0 Å². The highest BCUT2D eigenvalue weighted by Gasteiger charge is 2.36. The molecule has 3 heterocycles. The van der Waals surface area contributed by atoms with Crippen LogP contribution in [0.3, 0.4) is 0 Å². The second-order valence-corrected chi connectivity index (χ2v) is 11.5. The van der Waals surface area contributed by atoms with Gasteiger partial charge in [0.05, 0.1) is 11.6 Å². The van der Waals surface area contributed by atoms with Gasteiger partial charge in [-0.25, -0.2) is 4.68 Å². The number of hydrogen-bond donors (Lipinski definition) is 1. The molecule has 0 spiro atoms. The molecule has 8 nitrogen and oxygen atoms in total. The molecule has 206 valence electrons. The van der Waals surface area contributed by atoms with Gasteiger partial charge in [-0.1, -0.05) is 43.6 Å². The van der Waals surface area contributed by atoms with Gasteiger partial charge in [0.1, 0.15) is 6.04 Å². The van der Waals surface area contributed by atoms with Gasteiger partial charge in [0.2, 0.25) is 0 Å². The third-order valence-electron chi connectivity index (χ3n) is 7.94. The van der Waals surface area contributed by atoms with Crippen LogP contribution in [0.5, 0.6) is 0 Å². The van der Waals surface area contributed by atoms with Crippen LogP contribution in [0.25, 0.3) is 10.9 Å². The molecule has 2 atom stereocenters. The monoisotopic (exact) mass is 548 g/mol. The minimum absolute atomic E-state index is 0.0644. The lowest BCUT2D eigenvalue weighted by atomic mass is 9.98. The molecule has 0 saturated carbocycles. The van der Waals surface area contributed by atoms with Crippen molar-refractivity contribution >= 4 is 22.5 Å². The van der Waals surface area contributed by atoms with Gasteiger partial charge < -0.3 is 9.72 Å². The van der Waals surface area contributed by atoms with Crippen molar-refractivity contribution in [2.75, 3.05) is 13.2 Å². The number of hydrogen-bond acceptors (Lipinski definition) is 6. The van der Waals surface area contributed by atoms with Crippen molar-refractivity contribution in [3.05, 3.63) is 86.4 Å². The number of benzene rings is 2. The number of aromatic nitrogens is 5. The van der Waals surface area contributed by atoms with Crippen LogP contribution in [-0.2, 0) is 23.2 Å². The molecule has 1 aliphatic rings. The molecule has 2 aromatic carbocycles. The third-order valence-corrected chi connectivity index (χ3v) is 8.20. The summed E-state index contributed by atoms with van der Waals surface area (Å²) >= 11 is 6.20. The molecule has 0 radical (unpaired) electrons. The molecule has 9 heteroatoms. The first-order valence-electron chi connectivity index (χ1n) is 13.8. The van der Waals surface area contributed by atoms with E-state index in [9.17, 15) is 4.79 Å². The van der Waals surface area contributed by atoms with Crippen molar-refractivity contribution in [3.8, 4) is 0 Å². The molecule has 2 aromatic heterocycles. The largest absolute Gasteiger partial charge is 0.377 e. The molecule has 0 unspecified atom stereocenters. The Kier molecular flexibility index (Phi) is 8.16. The summed E-state index contributed by atoms with van der Waals surface area (Å²) in [7, 11) is 0. The number of H-pyrrole nitrogens is 1. The molecule has 0 aliphatic carbocycles. The molecule has 39 heavy (non-hydrogen) atoms. The molecule has 4 aromatic rings. The summed E-state index contributed by atoms with van der Waals surface area (Å²) in [5, 5.41) is 14.8. The molecule has 5 rings (SSSR count). The second kappa shape index (κ2) is 11.6. The number of aryl methyl sites for hydroxylation is 1. The molecular weight excluding hydrogens is 512 g/mol. The predicted molar refractivity (Wildman–Crippen MR) is 154 cm³/mol. The summed E-state index contributed by atoms with van der Waals surface area (Å²) in [6, 6.07) is 15.6. The minimum Gasteiger partial charge on any atom is -0.377 e. The van der Waals surface area contributed by atoms with Gasteiger partial charge in [-0.2, -0.15) is 0 Å². The first kappa shape index (κ1) is 27.5. The first-order chi connectivity index (χ1) is 18.8. The summed E-state index contributed by atoms with van der Waals surface area (Å²) in [5.74, 6) is 0.644. The zero-order valence-electron chi connectivity index (χ0n) is 23.2. The van der Waals surface area contributed by atoms with Crippen LogP contribution in [0.2, 0.25) is 5.02 Å². The van der Waals surface area contributed by atoms with Gasteiger partial charge in [0, 0.05) is 35.8 Å². The van der Waals surface area contributed by atoms with Crippen molar-refractivity contribution in [1.29, 1.82) is 0 Å². The van der Waals surface area contributed by atoms with Crippen LogP contribution < -0.4 is 5.56 Å². The number of tetrazole rings is 1. The molecule has 0 amide bonds. The normalized spacial score (nSPS) is 16.8. The maximum atomic E-state index is 13.8. The smallest absolute Gasteiger partial charge is 0.253 e. The number of aromatic amines is 1. The number of nitrogens with one attached hydrogen (secondary N) is 1. The number of fused-ring (bicyclic) bond motifs is 1. The number of ether oxygens (including phenoxy) is 1. The van der Waals surface area contributed by atoms with Gasteiger partial charge in [0.15, 0.2) is 5.82 Å². The number of nitrogens with zero attached hydrogens (tertiary/aromatic N) is 5. The molecule has 1 aliphatic heterocycles. The number of rotatable bonds is 10. The van der Waals surface area contributed by atoms with Crippen LogP contribution in [0, 0.1) is 0 Å². The number of halogens is 1. The summed E-state index contributed by atoms with van der Waals surface area (Å²) in [5.41, 5.74) is 3.25. The lowest BCUT2D eigenvalue weighted by Gasteiger charge is -2.34. The van der Waals surface area contributed by atoms with E-state index >= 15 is 0 Å². The van der Waals surface area contributed by atoms with E-state index in [2.05, 4.69) is 65.2 Å². The van der Waals surface area contributed by atoms with Crippen LogP contribution in [-0.4, -0.2) is 49.3 Å². The van der Waals surface area contributed by atoms with E-state index in [1.807, 2.05) is 41.1 Å². The predicted octanol–water partition coefficient (Wildman–Crippen LogP) is 5.65. The van der Waals surface area contributed by atoms with E-state index in [1.54, 1.807) is 0 Å². The summed E-state index contributed by atoms with van der Waals surface area (Å²) in [6.45, 7) is 10.5. The SMILES string of the molecule is CCc1ccc2[nH]c(=O)c([C@@H](c3nnnn3C(C)(C)CC)N(Cc3ccc(Cl)cc3)C[C@H]3CCCO3)cc2c1. The minimum atomic E-state index is -0.496. The van der Waals surface area contributed by atoms with Crippen molar-refractivity contribution in [3.63, 3.8) is 0 Å². The Morgan fingerprint density at radius 2 is 1.92 bits per heavy atom. The van der Waals surface area contributed by atoms with Crippen molar-refractivity contribution in [1.82, 2.24) is 30.1 Å². The maximum Gasteiger partial charge on any atom is 0.253 e. The summed E-state index contributed by atoms with van der Waals surface area (Å²) < 4.78 is 7.97. The molecular formula is C30H37ClN6O2. The van der Waals surface area contributed by atoms with Crippen LogP contribution in [0.4, 0.5) is 0 Å². The first-order valence-corrected chi connectivity index (χ1v) is 14.2. The highest BCUT2D eigenvalue weighted by Crippen LogP contribution is 2.33. The highest BCUT2D eigenvalue weighted by molar-refractivity contribution is 6.30. The Labute approximate surface area is 234 Å².